The number of anilines is 2. The predicted molar refractivity (Wildman–Crippen MR) is 131 cm³/mol. The molecule has 2 aromatic heterocycles. The molecular formula is C25H26F3N7O2. The van der Waals surface area contributed by atoms with Gasteiger partial charge in [-0.15, -0.1) is 5.10 Å². The normalized spacial score (nSPS) is 11.4. The van der Waals surface area contributed by atoms with Gasteiger partial charge < -0.3 is 19.9 Å². The average molecular weight is 514 g/mol. The monoisotopic (exact) mass is 513 g/mol. The second kappa shape index (κ2) is 10.7. The molecule has 0 saturated carbocycles. The Morgan fingerprint density at radius 1 is 1.16 bits per heavy atom. The van der Waals surface area contributed by atoms with Gasteiger partial charge >= 0.3 is 6.18 Å². The molecule has 2 N–H and O–H groups in total. The smallest absolute Gasteiger partial charge is 0.416 e. The zero-order valence-corrected chi connectivity index (χ0v) is 20.5. The number of benzene rings is 2. The predicted octanol–water partition coefficient (Wildman–Crippen LogP) is 4.27. The number of nitrogens with one attached hydrogen (secondary N) is 2. The number of hydrogen-bond acceptors (Lipinski definition) is 6. The molecule has 12 heteroatoms. The van der Waals surface area contributed by atoms with Gasteiger partial charge in [0.25, 0.3) is 0 Å². The molecule has 4 rings (SSSR count). The molecule has 0 radical (unpaired) electrons. The van der Waals surface area contributed by atoms with Crippen LogP contribution in [0.2, 0.25) is 0 Å². The summed E-state index contributed by atoms with van der Waals surface area (Å²) in [6.07, 6.45) is -0.745. The van der Waals surface area contributed by atoms with Gasteiger partial charge in [-0.2, -0.15) is 18.2 Å². The molecule has 0 atom stereocenters. The Bertz CT molecular complexity index is 1400. The Kier molecular flexibility index (Phi) is 7.46. The highest BCUT2D eigenvalue weighted by Crippen LogP contribution is 2.30. The van der Waals surface area contributed by atoms with Crippen LogP contribution in [0.5, 0.6) is 5.75 Å². The van der Waals surface area contributed by atoms with Crippen molar-refractivity contribution in [2.45, 2.75) is 33.0 Å². The number of halogens is 3. The number of alkyl halides is 3. The Labute approximate surface area is 211 Å². The zero-order chi connectivity index (χ0) is 26.6. The van der Waals surface area contributed by atoms with E-state index < -0.39 is 11.7 Å². The molecule has 0 aliphatic rings. The molecule has 0 saturated heterocycles. The van der Waals surface area contributed by atoms with E-state index in [1.807, 2.05) is 29.8 Å². The van der Waals surface area contributed by atoms with Crippen molar-refractivity contribution in [3.05, 3.63) is 77.6 Å². The summed E-state index contributed by atoms with van der Waals surface area (Å²) in [5, 5.41) is 10.3. The number of rotatable bonds is 9. The van der Waals surface area contributed by atoms with Gasteiger partial charge in [0.15, 0.2) is 0 Å². The molecule has 0 unspecified atom stereocenters. The summed E-state index contributed by atoms with van der Waals surface area (Å²) in [5.74, 6) is 1.11. The van der Waals surface area contributed by atoms with Gasteiger partial charge in [-0.1, -0.05) is 18.2 Å². The summed E-state index contributed by atoms with van der Waals surface area (Å²) in [6.45, 7) is 3.88. The van der Waals surface area contributed by atoms with Gasteiger partial charge in [-0.25, -0.2) is 9.67 Å². The second-order valence-corrected chi connectivity index (χ2v) is 8.37. The molecule has 194 valence electrons. The summed E-state index contributed by atoms with van der Waals surface area (Å²) in [6, 6.07) is 10.6. The molecule has 9 nitrogen and oxygen atoms in total. The summed E-state index contributed by atoms with van der Waals surface area (Å²) in [5.41, 5.74) is 2.03. The van der Waals surface area contributed by atoms with Gasteiger partial charge in [0, 0.05) is 37.8 Å². The quantitative estimate of drug-likeness (QED) is 0.347. The summed E-state index contributed by atoms with van der Waals surface area (Å²) in [4.78, 5) is 20.0. The van der Waals surface area contributed by atoms with Crippen LogP contribution in [0, 0.1) is 6.92 Å². The van der Waals surface area contributed by atoms with Crippen molar-refractivity contribution in [2.24, 2.45) is 0 Å². The first kappa shape index (κ1) is 25.7. The van der Waals surface area contributed by atoms with Gasteiger partial charge in [-0.05, 0) is 30.7 Å². The van der Waals surface area contributed by atoms with Crippen molar-refractivity contribution >= 4 is 17.5 Å². The van der Waals surface area contributed by atoms with E-state index >= 15 is 0 Å². The van der Waals surface area contributed by atoms with Crippen molar-refractivity contribution in [3.63, 3.8) is 0 Å². The van der Waals surface area contributed by atoms with Crippen LogP contribution < -0.4 is 15.4 Å². The van der Waals surface area contributed by atoms with Crippen LogP contribution in [0.15, 0.2) is 55.0 Å². The van der Waals surface area contributed by atoms with E-state index in [0.29, 0.717) is 35.9 Å². The van der Waals surface area contributed by atoms with E-state index in [4.69, 9.17) is 4.74 Å². The Balaban J connectivity index is 1.59. The van der Waals surface area contributed by atoms with E-state index in [1.54, 1.807) is 30.3 Å². The van der Waals surface area contributed by atoms with Crippen molar-refractivity contribution < 1.29 is 22.7 Å². The standard InChI is InChI=1S/C25H26F3N7O2/c1-16-14-34(15-30-16)21-8-7-20(13-22(21)37-3)31-24-32-23(35(33-24)10-9-29-17(2)36)12-18-5-4-6-19(11-18)25(26,27)28/h4-8,11,13-15H,9-10,12H2,1-3H3,(H,29,36)(H,31,33). The minimum atomic E-state index is -4.44. The highest BCUT2D eigenvalue weighted by molar-refractivity contribution is 5.72. The SMILES string of the molecule is COc1cc(Nc2nc(Cc3cccc(C(F)(F)F)c3)n(CCNC(C)=O)n2)ccc1-n1cnc(C)c1. The van der Waals surface area contributed by atoms with E-state index in [2.05, 4.69) is 25.7 Å². The minimum Gasteiger partial charge on any atom is -0.494 e. The van der Waals surface area contributed by atoms with Crippen LogP contribution in [0.4, 0.5) is 24.8 Å². The topological polar surface area (TPSA) is 98.9 Å². The number of amides is 1. The zero-order valence-electron chi connectivity index (χ0n) is 20.5. The number of nitrogens with zero attached hydrogens (tertiary/aromatic N) is 5. The fourth-order valence-electron chi connectivity index (χ4n) is 3.77. The highest BCUT2D eigenvalue weighted by atomic mass is 19.4. The van der Waals surface area contributed by atoms with Gasteiger partial charge in [-0.3, -0.25) is 4.79 Å². The average Bonchev–Trinajstić information content (AvgIpc) is 3.44. The Morgan fingerprint density at radius 3 is 2.65 bits per heavy atom. The number of carbonyl (C=O) groups excluding carboxylic acids is 1. The van der Waals surface area contributed by atoms with E-state index in [1.165, 1.54) is 13.0 Å². The maximum Gasteiger partial charge on any atom is 0.416 e. The lowest BCUT2D eigenvalue weighted by Crippen LogP contribution is -2.25. The number of ether oxygens (including phenoxy) is 1. The third-order valence-corrected chi connectivity index (χ3v) is 5.49. The van der Waals surface area contributed by atoms with Crippen molar-refractivity contribution in [3.8, 4) is 11.4 Å². The first-order valence-electron chi connectivity index (χ1n) is 11.4. The van der Waals surface area contributed by atoms with Crippen molar-refractivity contribution in [1.82, 2.24) is 29.6 Å². The molecule has 2 heterocycles. The molecule has 0 aliphatic heterocycles. The molecule has 37 heavy (non-hydrogen) atoms. The van der Waals surface area contributed by atoms with Crippen LogP contribution in [-0.4, -0.2) is 43.9 Å². The third-order valence-electron chi connectivity index (χ3n) is 5.49. The lowest BCUT2D eigenvalue weighted by atomic mass is 10.1. The molecule has 0 fully saturated rings. The van der Waals surface area contributed by atoms with Crippen molar-refractivity contribution in [2.75, 3.05) is 19.0 Å². The maximum atomic E-state index is 13.2. The van der Waals surface area contributed by atoms with Crippen LogP contribution in [-0.2, 0) is 23.9 Å². The first-order valence-corrected chi connectivity index (χ1v) is 11.4. The van der Waals surface area contributed by atoms with Crippen LogP contribution in [0.1, 0.15) is 29.6 Å². The largest absolute Gasteiger partial charge is 0.494 e. The lowest BCUT2D eigenvalue weighted by Gasteiger charge is -2.11. The van der Waals surface area contributed by atoms with Crippen LogP contribution >= 0.6 is 0 Å². The second-order valence-electron chi connectivity index (χ2n) is 8.37. The lowest BCUT2D eigenvalue weighted by molar-refractivity contribution is -0.137. The summed E-state index contributed by atoms with van der Waals surface area (Å²) in [7, 11) is 1.56. The van der Waals surface area contributed by atoms with Crippen molar-refractivity contribution in [1.29, 1.82) is 0 Å². The Morgan fingerprint density at radius 2 is 1.97 bits per heavy atom. The fourth-order valence-corrected chi connectivity index (χ4v) is 3.77. The molecule has 1 amide bonds. The number of hydrogen-bond donors (Lipinski definition) is 2. The number of imidazole rings is 1. The van der Waals surface area contributed by atoms with Gasteiger partial charge in [0.2, 0.25) is 11.9 Å². The molecular weight excluding hydrogens is 487 g/mol. The summed E-state index contributed by atoms with van der Waals surface area (Å²) < 4.78 is 48.5. The van der Waals surface area contributed by atoms with E-state index in [0.717, 1.165) is 23.5 Å². The van der Waals surface area contributed by atoms with Crippen LogP contribution in [0.3, 0.4) is 0 Å². The van der Waals surface area contributed by atoms with Gasteiger partial charge in [0.05, 0.1) is 36.9 Å². The van der Waals surface area contributed by atoms with E-state index in [-0.39, 0.29) is 18.3 Å². The fraction of sp³-hybridized carbons (Fsp3) is 0.280. The third kappa shape index (κ3) is 6.46. The maximum absolute atomic E-state index is 13.2. The molecule has 2 aromatic carbocycles. The Hall–Kier alpha value is -4.35. The molecule has 0 aliphatic carbocycles. The van der Waals surface area contributed by atoms with E-state index in [9.17, 15) is 18.0 Å². The summed E-state index contributed by atoms with van der Waals surface area (Å²) >= 11 is 0. The number of methoxy groups -OCH3 is 1. The van der Waals surface area contributed by atoms with Gasteiger partial charge in [0.1, 0.15) is 11.6 Å². The van der Waals surface area contributed by atoms with Crippen LogP contribution in [0.25, 0.3) is 5.69 Å². The molecule has 0 bridgehead atoms. The number of aryl methyl sites for hydroxylation is 1. The highest BCUT2D eigenvalue weighted by Gasteiger charge is 2.30. The molecule has 4 aromatic rings. The number of aromatic nitrogens is 5. The molecule has 0 spiro atoms. The first-order chi connectivity index (χ1) is 17.6. The number of carbonyl (C=O) groups is 1. The minimum absolute atomic E-state index is 0.126.